The molecule has 1 aromatic heterocycles. The van der Waals surface area contributed by atoms with E-state index in [0.717, 1.165) is 5.56 Å². The molecule has 2 aromatic carbocycles. The summed E-state index contributed by atoms with van der Waals surface area (Å²) in [6.07, 6.45) is -9.12. The number of benzene rings is 2. The van der Waals surface area contributed by atoms with Crippen LogP contribution in [0.1, 0.15) is 37.5 Å². The molecule has 0 aliphatic rings. The molecule has 0 spiro atoms. The molecule has 5 nitrogen and oxygen atoms in total. The quantitative estimate of drug-likeness (QED) is 0.369. The molecule has 0 bridgehead atoms. The van der Waals surface area contributed by atoms with E-state index >= 15 is 0 Å². The van der Waals surface area contributed by atoms with E-state index in [4.69, 9.17) is 4.74 Å². The van der Waals surface area contributed by atoms with Gasteiger partial charge in [0.1, 0.15) is 11.4 Å². The van der Waals surface area contributed by atoms with Crippen LogP contribution in [0, 0.1) is 0 Å². The van der Waals surface area contributed by atoms with Crippen LogP contribution in [0.5, 0.6) is 11.6 Å². The van der Waals surface area contributed by atoms with Crippen LogP contribution in [0.25, 0.3) is 0 Å². The van der Waals surface area contributed by atoms with E-state index in [1.807, 2.05) is 25.5 Å². The van der Waals surface area contributed by atoms with Gasteiger partial charge >= 0.3 is 12.4 Å². The molecule has 0 fully saturated rings. The van der Waals surface area contributed by atoms with Gasteiger partial charge in [-0.3, -0.25) is 4.72 Å². The van der Waals surface area contributed by atoms with Crippen LogP contribution in [-0.4, -0.2) is 13.4 Å². The lowest BCUT2D eigenvalue weighted by molar-refractivity contribution is -0.143. The highest BCUT2D eigenvalue weighted by molar-refractivity contribution is 7.92. The van der Waals surface area contributed by atoms with Crippen molar-refractivity contribution in [3.63, 3.8) is 0 Å². The van der Waals surface area contributed by atoms with Crippen molar-refractivity contribution >= 4 is 15.7 Å². The Morgan fingerprint density at radius 1 is 0.829 bits per heavy atom. The molecule has 0 saturated carbocycles. The predicted octanol–water partition coefficient (Wildman–Crippen LogP) is 7.01. The van der Waals surface area contributed by atoms with E-state index in [2.05, 4.69) is 4.98 Å². The summed E-state index contributed by atoms with van der Waals surface area (Å²) in [5, 5.41) is 0. The largest absolute Gasteiger partial charge is 0.437 e. The van der Waals surface area contributed by atoms with E-state index in [0.29, 0.717) is 5.75 Å². The van der Waals surface area contributed by atoms with Crippen LogP contribution in [0.15, 0.2) is 65.7 Å². The number of alkyl halides is 6. The maximum atomic E-state index is 13.2. The fraction of sp³-hybridized carbons (Fsp3) is 0.261. The molecule has 0 saturated heterocycles. The van der Waals surface area contributed by atoms with Crippen LogP contribution in [0.3, 0.4) is 0 Å². The normalized spacial score (nSPS) is 12.9. The number of nitrogens with zero attached hydrogens (tertiary/aromatic N) is 1. The highest BCUT2D eigenvalue weighted by atomic mass is 32.2. The summed E-state index contributed by atoms with van der Waals surface area (Å²) >= 11 is 0. The summed E-state index contributed by atoms with van der Waals surface area (Å²) in [4.78, 5) is 2.76. The molecule has 0 aliphatic carbocycles. The number of hydrogen-bond donors (Lipinski definition) is 1. The number of hydrogen-bond acceptors (Lipinski definition) is 4. The lowest BCUT2D eigenvalue weighted by Gasteiger charge is -2.23. The summed E-state index contributed by atoms with van der Waals surface area (Å²) in [5.74, 6) is 0.105. The number of halogens is 6. The zero-order valence-electron chi connectivity index (χ0n) is 18.6. The van der Waals surface area contributed by atoms with Gasteiger partial charge in [0.15, 0.2) is 0 Å². The number of rotatable bonds is 5. The molecule has 0 unspecified atom stereocenters. The molecule has 1 heterocycles. The molecule has 35 heavy (non-hydrogen) atoms. The molecule has 12 heteroatoms. The summed E-state index contributed by atoms with van der Waals surface area (Å²) < 4.78 is 113. The summed E-state index contributed by atoms with van der Waals surface area (Å²) in [7, 11) is -4.90. The average molecular weight is 518 g/mol. The summed E-state index contributed by atoms with van der Waals surface area (Å²) in [6.45, 7) is 5.76. The van der Waals surface area contributed by atoms with Crippen molar-refractivity contribution in [2.24, 2.45) is 0 Å². The fourth-order valence-electron chi connectivity index (χ4n) is 3.11. The Kier molecular flexibility index (Phi) is 6.82. The lowest BCUT2D eigenvalue weighted by Crippen LogP contribution is -2.18. The van der Waals surface area contributed by atoms with Crippen molar-refractivity contribution in [3.8, 4) is 11.6 Å². The first kappa shape index (κ1) is 26.3. The second-order valence-corrected chi connectivity index (χ2v) is 10.2. The zero-order valence-corrected chi connectivity index (χ0v) is 19.4. The van der Waals surface area contributed by atoms with Gasteiger partial charge in [-0.15, -0.1) is 0 Å². The van der Waals surface area contributed by atoms with Gasteiger partial charge in [-0.05, 0) is 41.8 Å². The van der Waals surface area contributed by atoms with Gasteiger partial charge in [-0.1, -0.05) is 39.0 Å². The van der Waals surface area contributed by atoms with Gasteiger partial charge in [-0.2, -0.15) is 26.3 Å². The monoisotopic (exact) mass is 518 g/mol. The van der Waals surface area contributed by atoms with Gasteiger partial charge in [0.2, 0.25) is 5.88 Å². The van der Waals surface area contributed by atoms with Crippen molar-refractivity contribution in [1.82, 2.24) is 4.98 Å². The van der Waals surface area contributed by atoms with Crippen LogP contribution >= 0.6 is 0 Å². The average Bonchev–Trinajstić information content (AvgIpc) is 2.73. The summed E-state index contributed by atoms with van der Waals surface area (Å²) in [6, 6.07) is 9.53. The Morgan fingerprint density at radius 2 is 1.40 bits per heavy atom. The molecule has 0 atom stereocenters. The minimum atomic E-state index is -5.20. The number of ether oxygens (including phenoxy) is 1. The predicted molar refractivity (Wildman–Crippen MR) is 117 cm³/mol. The van der Waals surface area contributed by atoms with E-state index in [-0.39, 0.29) is 35.2 Å². The van der Waals surface area contributed by atoms with Gasteiger partial charge in [0.25, 0.3) is 10.0 Å². The zero-order chi connectivity index (χ0) is 26.2. The number of pyridine rings is 1. The Balaban J connectivity index is 2.04. The van der Waals surface area contributed by atoms with Gasteiger partial charge < -0.3 is 4.74 Å². The Morgan fingerprint density at radius 3 is 1.94 bits per heavy atom. The maximum absolute atomic E-state index is 13.2. The number of anilines is 1. The second kappa shape index (κ2) is 9.06. The molecule has 3 aromatic rings. The first-order chi connectivity index (χ1) is 16.0. The number of para-hydroxylation sites is 1. The third kappa shape index (κ3) is 6.24. The molecule has 0 radical (unpaired) electrons. The second-order valence-electron chi connectivity index (χ2n) is 8.55. The van der Waals surface area contributed by atoms with E-state index in [1.165, 1.54) is 18.3 Å². The van der Waals surface area contributed by atoms with Gasteiger partial charge in [0, 0.05) is 11.8 Å². The van der Waals surface area contributed by atoms with Crippen molar-refractivity contribution in [1.29, 1.82) is 0 Å². The molecular formula is C23H20F6N2O3S. The minimum absolute atomic E-state index is 0.128. The number of nitrogens with one attached hydrogen (secondary N) is 1. The van der Waals surface area contributed by atoms with Crippen molar-refractivity contribution in [2.75, 3.05) is 4.72 Å². The van der Waals surface area contributed by atoms with Crippen molar-refractivity contribution in [3.05, 3.63) is 77.5 Å². The molecule has 1 N–H and O–H groups in total. The van der Waals surface area contributed by atoms with Crippen molar-refractivity contribution in [2.45, 2.75) is 43.4 Å². The molecule has 3 rings (SSSR count). The maximum Gasteiger partial charge on any atom is 0.416 e. The van der Waals surface area contributed by atoms with Gasteiger partial charge in [-0.25, -0.2) is 13.4 Å². The first-order valence-corrected chi connectivity index (χ1v) is 11.5. The highest BCUT2D eigenvalue weighted by Gasteiger charge is 2.38. The fourth-order valence-corrected chi connectivity index (χ4v) is 4.24. The van der Waals surface area contributed by atoms with E-state index in [1.54, 1.807) is 24.3 Å². The smallest absolute Gasteiger partial charge is 0.416 e. The Labute approximate surface area is 197 Å². The molecule has 188 valence electrons. The number of aromatic nitrogens is 1. The highest BCUT2D eigenvalue weighted by Crippen LogP contribution is 2.39. The van der Waals surface area contributed by atoms with Crippen LogP contribution in [-0.2, 0) is 27.8 Å². The van der Waals surface area contributed by atoms with Gasteiger partial charge in [0.05, 0.1) is 16.0 Å². The molecule has 0 aliphatic heterocycles. The van der Waals surface area contributed by atoms with E-state index < -0.39 is 38.4 Å². The van der Waals surface area contributed by atoms with Crippen LogP contribution < -0.4 is 9.46 Å². The lowest BCUT2D eigenvalue weighted by atomic mass is 9.86. The van der Waals surface area contributed by atoms with Crippen molar-refractivity contribution < 1.29 is 39.5 Å². The van der Waals surface area contributed by atoms with Crippen LogP contribution in [0.2, 0.25) is 0 Å². The van der Waals surface area contributed by atoms with Crippen LogP contribution in [0.4, 0.5) is 32.0 Å². The summed E-state index contributed by atoms with van der Waals surface area (Å²) in [5.41, 5.74) is -3.39. The Bertz CT molecular complexity index is 1300. The minimum Gasteiger partial charge on any atom is -0.437 e. The molecule has 0 amide bonds. The first-order valence-electron chi connectivity index (χ1n) is 10.0. The SMILES string of the molecule is CC(C)(C)c1ccccc1Oc1ncccc1NS(=O)(=O)c1cc(C(F)(F)F)cc(C(F)(F)F)c1. The Hall–Kier alpha value is -3.28. The third-order valence-electron chi connectivity index (χ3n) is 4.79. The third-order valence-corrected chi connectivity index (χ3v) is 6.13. The van der Waals surface area contributed by atoms with E-state index in [9.17, 15) is 34.8 Å². The topological polar surface area (TPSA) is 68.3 Å². The standard InChI is InChI=1S/C23H20F6N2O3S/c1-21(2,3)17-7-4-5-9-19(17)34-20-18(8-6-10-30-20)31-35(32,33)16-12-14(22(24,25)26)11-15(13-16)23(27,28)29/h4-13,31H,1-3H3. The molecular weight excluding hydrogens is 498 g/mol. The number of sulfonamides is 1.